The van der Waals surface area contributed by atoms with Crippen molar-refractivity contribution in [3.63, 3.8) is 0 Å². The first-order valence-electron chi connectivity index (χ1n) is 6.67. The third kappa shape index (κ3) is 3.27. The van der Waals surface area contributed by atoms with Crippen LogP contribution in [0.25, 0.3) is 0 Å². The minimum Gasteiger partial charge on any atom is -0.314 e. The number of hydrogen-bond acceptors (Lipinski definition) is 4. The van der Waals surface area contributed by atoms with E-state index in [0.717, 1.165) is 25.0 Å². The number of rotatable bonds is 7. The van der Waals surface area contributed by atoms with Crippen molar-refractivity contribution in [2.75, 3.05) is 13.6 Å². The molecule has 0 aliphatic heterocycles. The maximum atomic E-state index is 4.69. The van der Waals surface area contributed by atoms with Crippen LogP contribution in [0.4, 0.5) is 0 Å². The molecule has 0 bridgehead atoms. The summed E-state index contributed by atoms with van der Waals surface area (Å²) in [5.74, 6) is 0.992. The summed E-state index contributed by atoms with van der Waals surface area (Å²) < 4.78 is 0. The Morgan fingerprint density at radius 1 is 1.41 bits per heavy atom. The first-order chi connectivity index (χ1) is 8.35. The van der Waals surface area contributed by atoms with Gasteiger partial charge < -0.3 is 5.32 Å². The fourth-order valence-corrected chi connectivity index (χ4v) is 3.07. The summed E-state index contributed by atoms with van der Waals surface area (Å²) in [6.07, 6.45) is 5.71. The molecule has 1 aromatic rings. The Labute approximate surface area is 107 Å². The standard InChI is InChI=1S/C13H21N3S/c1-14-6-13-15-11(9-17-13)8-16(12-4-5-12)7-10-2-3-10/h9-10,12,14H,2-8H2,1H3. The summed E-state index contributed by atoms with van der Waals surface area (Å²) in [6.45, 7) is 3.28. The van der Waals surface area contributed by atoms with E-state index in [4.69, 9.17) is 4.98 Å². The SMILES string of the molecule is CNCc1nc(CN(CC2CC2)C2CC2)cs1. The van der Waals surface area contributed by atoms with Crippen molar-refractivity contribution in [3.8, 4) is 0 Å². The van der Waals surface area contributed by atoms with E-state index in [9.17, 15) is 0 Å². The average molecular weight is 251 g/mol. The Kier molecular flexibility index (Phi) is 3.45. The number of hydrogen-bond donors (Lipinski definition) is 1. The lowest BCUT2D eigenvalue weighted by molar-refractivity contribution is 0.241. The van der Waals surface area contributed by atoms with Gasteiger partial charge in [0.2, 0.25) is 0 Å². The smallest absolute Gasteiger partial charge is 0.107 e. The molecule has 3 rings (SSSR count). The fourth-order valence-electron chi connectivity index (χ4n) is 2.28. The quantitative estimate of drug-likeness (QED) is 0.805. The van der Waals surface area contributed by atoms with Gasteiger partial charge in [0.1, 0.15) is 5.01 Å². The van der Waals surface area contributed by atoms with Gasteiger partial charge in [-0.1, -0.05) is 0 Å². The van der Waals surface area contributed by atoms with Crippen molar-refractivity contribution in [3.05, 3.63) is 16.1 Å². The van der Waals surface area contributed by atoms with E-state index in [1.807, 2.05) is 7.05 Å². The molecule has 2 fully saturated rings. The van der Waals surface area contributed by atoms with Crippen molar-refractivity contribution in [2.24, 2.45) is 5.92 Å². The molecule has 0 amide bonds. The van der Waals surface area contributed by atoms with Crippen molar-refractivity contribution in [1.29, 1.82) is 0 Å². The molecule has 1 heterocycles. The molecule has 0 saturated heterocycles. The van der Waals surface area contributed by atoms with Crippen molar-refractivity contribution in [1.82, 2.24) is 15.2 Å². The highest BCUT2D eigenvalue weighted by molar-refractivity contribution is 7.09. The highest BCUT2D eigenvalue weighted by Crippen LogP contribution is 2.35. The Morgan fingerprint density at radius 2 is 2.24 bits per heavy atom. The maximum Gasteiger partial charge on any atom is 0.107 e. The van der Waals surface area contributed by atoms with Gasteiger partial charge in [-0.2, -0.15) is 0 Å². The summed E-state index contributed by atoms with van der Waals surface area (Å²) in [7, 11) is 1.98. The molecule has 17 heavy (non-hydrogen) atoms. The molecule has 0 unspecified atom stereocenters. The van der Waals surface area contributed by atoms with Gasteiger partial charge in [0, 0.05) is 31.1 Å². The second kappa shape index (κ2) is 5.04. The molecule has 3 nitrogen and oxygen atoms in total. The Bertz CT molecular complexity index is 368. The van der Waals surface area contributed by atoms with Crippen LogP contribution in [-0.4, -0.2) is 29.5 Å². The van der Waals surface area contributed by atoms with Gasteiger partial charge in [-0.05, 0) is 38.6 Å². The van der Waals surface area contributed by atoms with E-state index >= 15 is 0 Å². The minimum absolute atomic E-state index is 0.866. The zero-order valence-electron chi connectivity index (χ0n) is 10.5. The molecule has 2 aliphatic rings. The average Bonchev–Trinajstić information content (AvgIpc) is 3.20. The van der Waals surface area contributed by atoms with Gasteiger partial charge in [0.05, 0.1) is 5.69 Å². The van der Waals surface area contributed by atoms with Crippen molar-refractivity contribution < 1.29 is 0 Å². The first-order valence-corrected chi connectivity index (χ1v) is 7.55. The number of nitrogens with zero attached hydrogens (tertiary/aromatic N) is 2. The second-order valence-corrected chi connectivity index (χ2v) is 6.31. The van der Waals surface area contributed by atoms with Crippen molar-refractivity contribution >= 4 is 11.3 Å². The maximum absolute atomic E-state index is 4.69. The first kappa shape index (κ1) is 11.6. The van der Waals surface area contributed by atoms with Gasteiger partial charge in [0.15, 0.2) is 0 Å². The molecule has 1 N–H and O–H groups in total. The van der Waals surface area contributed by atoms with Gasteiger partial charge in [-0.3, -0.25) is 4.90 Å². The predicted molar refractivity (Wildman–Crippen MR) is 71.0 cm³/mol. The minimum atomic E-state index is 0.866. The molecule has 0 atom stereocenters. The summed E-state index contributed by atoms with van der Waals surface area (Å²) in [5, 5.41) is 6.61. The van der Waals surface area contributed by atoms with Crippen LogP contribution in [0.5, 0.6) is 0 Å². The van der Waals surface area contributed by atoms with Crippen LogP contribution in [0, 0.1) is 5.92 Å². The largest absolute Gasteiger partial charge is 0.314 e. The Balaban J connectivity index is 1.57. The van der Waals surface area contributed by atoms with E-state index < -0.39 is 0 Å². The van der Waals surface area contributed by atoms with Crippen LogP contribution in [-0.2, 0) is 13.1 Å². The third-order valence-electron chi connectivity index (χ3n) is 3.55. The fraction of sp³-hybridized carbons (Fsp3) is 0.769. The lowest BCUT2D eigenvalue weighted by Gasteiger charge is -2.20. The van der Waals surface area contributed by atoms with Gasteiger partial charge >= 0.3 is 0 Å². The summed E-state index contributed by atoms with van der Waals surface area (Å²) >= 11 is 1.78. The van der Waals surface area contributed by atoms with E-state index in [0.29, 0.717) is 0 Å². The molecule has 1 aromatic heterocycles. The number of aromatic nitrogens is 1. The third-order valence-corrected chi connectivity index (χ3v) is 4.44. The summed E-state index contributed by atoms with van der Waals surface area (Å²) in [5.41, 5.74) is 1.27. The highest BCUT2D eigenvalue weighted by atomic mass is 32.1. The molecule has 0 spiro atoms. The van der Waals surface area contributed by atoms with Gasteiger partial charge in [-0.25, -0.2) is 4.98 Å². The molecular formula is C13H21N3S. The van der Waals surface area contributed by atoms with Crippen molar-refractivity contribution in [2.45, 2.75) is 44.8 Å². The molecule has 94 valence electrons. The topological polar surface area (TPSA) is 28.2 Å². The zero-order chi connectivity index (χ0) is 11.7. The zero-order valence-corrected chi connectivity index (χ0v) is 11.3. The van der Waals surface area contributed by atoms with Crippen LogP contribution in [0.1, 0.15) is 36.4 Å². The molecule has 2 aliphatic carbocycles. The van der Waals surface area contributed by atoms with Crippen LogP contribution in [0.2, 0.25) is 0 Å². The lowest BCUT2D eigenvalue weighted by atomic mass is 10.3. The molecule has 4 heteroatoms. The molecule has 0 aromatic carbocycles. The van der Waals surface area contributed by atoms with E-state index in [1.165, 1.54) is 42.9 Å². The lowest BCUT2D eigenvalue weighted by Crippen LogP contribution is -2.28. The van der Waals surface area contributed by atoms with Crippen LogP contribution in [0.15, 0.2) is 5.38 Å². The number of nitrogens with one attached hydrogen (secondary N) is 1. The van der Waals surface area contributed by atoms with E-state index in [2.05, 4.69) is 15.6 Å². The van der Waals surface area contributed by atoms with Crippen LogP contribution >= 0.6 is 11.3 Å². The predicted octanol–water partition coefficient (Wildman–Crippen LogP) is 2.24. The monoisotopic (exact) mass is 251 g/mol. The normalized spacial score (nSPS) is 20.1. The van der Waals surface area contributed by atoms with E-state index in [1.54, 1.807) is 11.3 Å². The molecule has 2 saturated carbocycles. The highest BCUT2D eigenvalue weighted by Gasteiger charge is 2.33. The molecular weight excluding hydrogens is 230 g/mol. The van der Waals surface area contributed by atoms with Crippen LogP contribution < -0.4 is 5.32 Å². The Morgan fingerprint density at radius 3 is 2.88 bits per heavy atom. The second-order valence-electron chi connectivity index (χ2n) is 5.37. The van der Waals surface area contributed by atoms with Gasteiger partial charge in [0.25, 0.3) is 0 Å². The van der Waals surface area contributed by atoms with Crippen LogP contribution in [0.3, 0.4) is 0 Å². The Hall–Kier alpha value is -0.450. The van der Waals surface area contributed by atoms with E-state index in [-0.39, 0.29) is 0 Å². The number of thiazole rings is 1. The summed E-state index contributed by atoms with van der Waals surface area (Å²) in [4.78, 5) is 7.35. The molecule has 0 radical (unpaired) electrons. The van der Waals surface area contributed by atoms with Gasteiger partial charge in [-0.15, -0.1) is 11.3 Å². The summed E-state index contributed by atoms with van der Waals surface area (Å²) in [6, 6.07) is 0.866.